The van der Waals surface area contributed by atoms with E-state index in [1.165, 1.54) is 26.8 Å². The lowest BCUT2D eigenvalue weighted by Crippen LogP contribution is -2.38. The third-order valence-electron chi connectivity index (χ3n) is 6.27. The van der Waals surface area contributed by atoms with E-state index < -0.39 is 0 Å². The molecule has 0 aliphatic carbocycles. The monoisotopic (exact) mass is 425 g/mol. The van der Waals surface area contributed by atoms with Gasteiger partial charge in [0.1, 0.15) is 11.2 Å². The number of amides is 1. The van der Waals surface area contributed by atoms with Crippen molar-refractivity contribution in [2.75, 3.05) is 11.9 Å². The zero-order valence-corrected chi connectivity index (χ0v) is 17.9. The molecular weight excluding hydrogens is 402 g/mol. The van der Waals surface area contributed by atoms with E-state index >= 15 is 0 Å². The standard InChI is InChI=1S/C26H23N3OS/c30-25-23-21-12-13-29(15-17-6-2-1-3-7-17)16-22(21)31-26(23)28-24(27-25)20-11-10-18-8-4-5-9-19(18)14-20/h1-11,14,24,28H,12-13,15-16H2,(H,27,30). The summed E-state index contributed by atoms with van der Waals surface area (Å²) < 4.78 is 0. The lowest BCUT2D eigenvalue weighted by molar-refractivity contribution is 0.0934. The third-order valence-corrected chi connectivity index (χ3v) is 7.42. The van der Waals surface area contributed by atoms with Crippen molar-refractivity contribution in [1.82, 2.24) is 10.2 Å². The molecule has 2 N–H and O–H groups in total. The molecule has 2 aliphatic rings. The van der Waals surface area contributed by atoms with Gasteiger partial charge < -0.3 is 10.6 Å². The van der Waals surface area contributed by atoms with Gasteiger partial charge in [0, 0.05) is 24.5 Å². The molecule has 0 bridgehead atoms. The Balaban J connectivity index is 1.26. The van der Waals surface area contributed by atoms with Crippen molar-refractivity contribution in [3.63, 3.8) is 0 Å². The summed E-state index contributed by atoms with van der Waals surface area (Å²) in [7, 11) is 0. The van der Waals surface area contributed by atoms with Crippen LogP contribution in [0.1, 0.15) is 38.1 Å². The van der Waals surface area contributed by atoms with Crippen molar-refractivity contribution in [1.29, 1.82) is 0 Å². The van der Waals surface area contributed by atoms with Gasteiger partial charge in [0.25, 0.3) is 5.91 Å². The lowest BCUT2D eigenvalue weighted by atomic mass is 9.99. The topological polar surface area (TPSA) is 44.4 Å². The van der Waals surface area contributed by atoms with Gasteiger partial charge in [-0.25, -0.2) is 0 Å². The maximum absolute atomic E-state index is 13.1. The smallest absolute Gasteiger partial charge is 0.256 e. The highest BCUT2D eigenvalue weighted by molar-refractivity contribution is 7.16. The summed E-state index contributed by atoms with van der Waals surface area (Å²) in [4.78, 5) is 16.9. The molecule has 4 nitrogen and oxygen atoms in total. The molecule has 0 spiro atoms. The second kappa shape index (κ2) is 7.52. The largest absolute Gasteiger partial charge is 0.353 e. The van der Waals surface area contributed by atoms with Crippen LogP contribution in [0.2, 0.25) is 0 Å². The van der Waals surface area contributed by atoms with Crippen LogP contribution in [0.25, 0.3) is 10.8 Å². The van der Waals surface area contributed by atoms with E-state index in [0.29, 0.717) is 0 Å². The van der Waals surface area contributed by atoms with Crippen LogP contribution in [0.5, 0.6) is 0 Å². The molecule has 154 valence electrons. The first-order valence-corrected chi connectivity index (χ1v) is 11.5. The minimum Gasteiger partial charge on any atom is -0.353 e. The lowest BCUT2D eigenvalue weighted by Gasteiger charge is -2.28. The predicted octanol–water partition coefficient (Wildman–Crippen LogP) is 5.31. The quantitative estimate of drug-likeness (QED) is 0.467. The van der Waals surface area contributed by atoms with E-state index in [1.807, 2.05) is 12.1 Å². The van der Waals surface area contributed by atoms with Crippen LogP contribution in [0.15, 0.2) is 72.8 Å². The molecule has 6 rings (SSSR count). The number of nitrogens with zero attached hydrogens (tertiary/aromatic N) is 1. The van der Waals surface area contributed by atoms with Gasteiger partial charge in [-0.05, 0) is 39.9 Å². The minimum atomic E-state index is -0.204. The zero-order valence-electron chi connectivity index (χ0n) is 17.1. The van der Waals surface area contributed by atoms with Gasteiger partial charge >= 0.3 is 0 Å². The van der Waals surface area contributed by atoms with Crippen LogP contribution in [0.3, 0.4) is 0 Å². The van der Waals surface area contributed by atoms with Crippen LogP contribution in [-0.4, -0.2) is 17.4 Å². The summed E-state index contributed by atoms with van der Waals surface area (Å²) in [6.45, 7) is 2.83. The van der Waals surface area contributed by atoms with E-state index in [-0.39, 0.29) is 12.1 Å². The molecule has 2 aliphatic heterocycles. The van der Waals surface area contributed by atoms with Crippen molar-refractivity contribution in [2.45, 2.75) is 25.7 Å². The summed E-state index contributed by atoms with van der Waals surface area (Å²) in [6, 6.07) is 25.3. The van der Waals surface area contributed by atoms with Gasteiger partial charge in [-0.1, -0.05) is 66.7 Å². The fraction of sp³-hybridized carbons (Fsp3) is 0.192. The number of hydrogen-bond acceptors (Lipinski definition) is 4. The van der Waals surface area contributed by atoms with Crippen molar-refractivity contribution < 1.29 is 4.79 Å². The van der Waals surface area contributed by atoms with Gasteiger partial charge in [0.15, 0.2) is 0 Å². The highest BCUT2D eigenvalue weighted by Crippen LogP contribution is 2.41. The molecule has 1 aromatic heterocycles. The van der Waals surface area contributed by atoms with Crippen LogP contribution >= 0.6 is 11.3 Å². The van der Waals surface area contributed by atoms with E-state index in [0.717, 1.165) is 42.2 Å². The molecule has 1 atom stereocenters. The summed E-state index contributed by atoms with van der Waals surface area (Å²) in [5, 5.41) is 10.2. The molecule has 1 unspecified atom stereocenters. The molecular formula is C26H23N3OS. The van der Waals surface area contributed by atoms with E-state index in [9.17, 15) is 4.79 Å². The highest BCUT2D eigenvalue weighted by atomic mass is 32.1. The molecule has 0 saturated heterocycles. The Morgan fingerprint density at radius 1 is 0.935 bits per heavy atom. The molecule has 31 heavy (non-hydrogen) atoms. The second-order valence-electron chi connectivity index (χ2n) is 8.31. The number of carbonyl (C=O) groups is 1. The van der Waals surface area contributed by atoms with Crippen LogP contribution in [-0.2, 0) is 19.5 Å². The van der Waals surface area contributed by atoms with E-state index in [4.69, 9.17) is 0 Å². The zero-order chi connectivity index (χ0) is 20.8. The Labute approximate surface area is 185 Å². The average molecular weight is 426 g/mol. The number of nitrogens with one attached hydrogen (secondary N) is 2. The molecule has 3 heterocycles. The third kappa shape index (κ3) is 3.40. The Hall–Kier alpha value is -3.15. The van der Waals surface area contributed by atoms with Crippen LogP contribution in [0.4, 0.5) is 5.00 Å². The van der Waals surface area contributed by atoms with E-state index in [1.54, 1.807) is 11.3 Å². The van der Waals surface area contributed by atoms with Gasteiger partial charge in [-0.3, -0.25) is 9.69 Å². The summed E-state index contributed by atoms with van der Waals surface area (Å²) >= 11 is 1.74. The van der Waals surface area contributed by atoms with Gasteiger partial charge in [0.2, 0.25) is 0 Å². The summed E-state index contributed by atoms with van der Waals surface area (Å²) in [5.41, 5.74) is 4.50. The summed E-state index contributed by atoms with van der Waals surface area (Å²) in [6.07, 6.45) is 0.717. The molecule has 0 radical (unpaired) electrons. The first-order valence-electron chi connectivity index (χ1n) is 10.7. The van der Waals surface area contributed by atoms with Crippen molar-refractivity contribution in [3.8, 4) is 0 Å². The van der Waals surface area contributed by atoms with Gasteiger partial charge in [-0.2, -0.15) is 0 Å². The number of rotatable bonds is 3. The van der Waals surface area contributed by atoms with Gasteiger partial charge in [-0.15, -0.1) is 11.3 Å². The van der Waals surface area contributed by atoms with Crippen molar-refractivity contribution >= 4 is 33.0 Å². The maximum Gasteiger partial charge on any atom is 0.256 e. The predicted molar refractivity (Wildman–Crippen MR) is 126 cm³/mol. The maximum atomic E-state index is 13.1. The molecule has 1 amide bonds. The normalized spacial score (nSPS) is 18.2. The fourth-order valence-electron chi connectivity index (χ4n) is 4.70. The second-order valence-corrected chi connectivity index (χ2v) is 9.42. The van der Waals surface area contributed by atoms with Crippen molar-refractivity contribution in [2.24, 2.45) is 0 Å². The first kappa shape index (κ1) is 18.6. The molecule has 3 aromatic carbocycles. The van der Waals surface area contributed by atoms with E-state index in [2.05, 4.69) is 76.2 Å². The van der Waals surface area contributed by atoms with Gasteiger partial charge in [0.05, 0.1) is 5.56 Å². The molecule has 5 heteroatoms. The minimum absolute atomic E-state index is 0.0425. The molecule has 0 fully saturated rings. The number of thiophene rings is 1. The highest BCUT2D eigenvalue weighted by Gasteiger charge is 2.33. The molecule has 0 saturated carbocycles. The fourth-order valence-corrected chi connectivity index (χ4v) is 6.01. The summed E-state index contributed by atoms with van der Waals surface area (Å²) in [5.74, 6) is 0.0425. The Morgan fingerprint density at radius 2 is 1.74 bits per heavy atom. The Morgan fingerprint density at radius 3 is 2.61 bits per heavy atom. The van der Waals surface area contributed by atoms with Crippen LogP contribution < -0.4 is 10.6 Å². The number of carbonyl (C=O) groups excluding carboxylic acids is 1. The number of anilines is 1. The average Bonchev–Trinajstić information content (AvgIpc) is 3.17. The van der Waals surface area contributed by atoms with Crippen LogP contribution in [0, 0.1) is 0 Å². The Bertz CT molecular complexity index is 1280. The SMILES string of the molecule is O=C1NC(c2ccc3ccccc3c2)Nc2sc3c(c21)CCN(Cc1ccccc1)C3. The number of fused-ring (bicyclic) bond motifs is 4. The number of benzene rings is 3. The number of hydrogen-bond donors (Lipinski definition) is 2. The van der Waals surface area contributed by atoms with Crippen molar-refractivity contribution in [3.05, 3.63) is 99.9 Å². The Kier molecular flexibility index (Phi) is 4.51. The molecule has 4 aromatic rings. The first-order chi connectivity index (χ1) is 15.2.